The van der Waals surface area contributed by atoms with Gasteiger partial charge in [0.05, 0.1) is 0 Å². The van der Waals surface area contributed by atoms with E-state index in [0.717, 1.165) is 5.92 Å². The molecule has 2 rings (SSSR count). The quantitative estimate of drug-likeness (QED) is 0.789. The number of hydrogen-bond acceptors (Lipinski definition) is 2. The van der Waals surface area contributed by atoms with Gasteiger partial charge in [0.2, 0.25) is 0 Å². The fourth-order valence-corrected chi connectivity index (χ4v) is 2.96. The molecule has 78 valence electrons. The van der Waals surface area contributed by atoms with Crippen LogP contribution in [0.4, 0.5) is 5.69 Å². The highest BCUT2D eigenvalue weighted by Gasteiger charge is 2.19. The lowest BCUT2D eigenvalue weighted by Gasteiger charge is -2.28. The third kappa shape index (κ3) is 2.50. The second-order valence-corrected chi connectivity index (χ2v) is 5.12. The lowest BCUT2D eigenvalue weighted by Crippen LogP contribution is -2.27. The molecule has 1 aliphatic rings. The number of nitrogens with one attached hydrogen (secondary N) is 1. The van der Waals surface area contributed by atoms with Crippen LogP contribution in [0.25, 0.3) is 0 Å². The first-order valence-corrected chi connectivity index (χ1v) is 6.59. The summed E-state index contributed by atoms with van der Waals surface area (Å²) in [5, 5.41) is 7.93. The van der Waals surface area contributed by atoms with Crippen molar-refractivity contribution in [3.8, 4) is 0 Å². The molecule has 1 aliphatic carbocycles. The summed E-state index contributed by atoms with van der Waals surface area (Å²) in [6.45, 7) is 2.33. The topological polar surface area (TPSA) is 12.0 Å². The van der Waals surface area contributed by atoms with Gasteiger partial charge >= 0.3 is 0 Å². The Labute approximate surface area is 90.5 Å². The van der Waals surface area contributed by atoms with Crippen LogP contribution in [-0.2, 0) is 0 Å². The Bertz CT molecular complexity index is 249. The lowest BCUT2D eigenvalue weighted by molar-refractivity contribution is 0.328. The second kappa shape index (κ2) is 4.83. The van der Waals surface area contributed by atoms with Gasteiger partial charge in [0.25, 0.3) is 0 Å². The highest BCUT2D eigenvalue weighted by Crippen LogP contribution is 2.28. The van der Waals surface area contributed by atoms with Crippen LogP contribution in [-0.4, -0.2) is 6.04 Å². The molecule has 1 atom stereocenters. The molecular weight excluding hydrogens is 190 g/mol. The molecule has 1 aromatic heterocycles. The Kier molecular flexibility index (Phi) is 3.46. The van der Waals surface area contributed by atoms with Gasteiger partial charge in [0.15, 0.2) is 0 Å². The van der Waals surface area contributed by atoms with Crippen molar-refractivity contribution in [2.24, 2.45) is 5.92 Å². The first-order valence-electron chi connectivity index (χ1n) is 5.65. The summed E-state index contributed by atoms with van der Waals surface area (Å²) in [6.07, 6.45) is 7.14. The minimum Gasteiger partial charge on any atom is -0.382 e. The van der Waals surface area contributed by atoms with Gasteiger partial charge in [0, 0.05) is 17.1 Å². The third-order valence-electron chi connectivity index (χ3n) is 3.27. The Balaban J connectivity index is 1.85. The predicted octanol–water partition coefficient (Wildman–Crippen LogP) is 4.13. The van der Waals surface area contributed by atoms with Crippen LogP contribution in [0.3, 0.4) is 0 Å². The molecule has 0 amide bonds. The van der Waals surface area contributed by atoms with E-state index in [9.17, 15) is 0 Å². The summed E-state index contributed by atoms with van der Waals surface area (Å²) in [7, 11) is 0. The Morgan fingerprint density at radius 2 is 2.14 bits per heavy atom. The van der Waals surface area contributed by atoms with Crippen LogP contribution in [0.5, 0.6) is 0 Å². The maximum atomic E-state index is 3.60. The smallest absolute Gasteiger partial charge is 0.0450 e. The summed E-state index contributed by atoms with van der Waals surface area (Å²) in [4.78, 5) is 0. The monoisotopic (exact) mass is 209 g/mol. The minimum atomic E-state index is 0.643. The zero-order chi connectivity index (χ0) is 9.80. The van der Waals surface area contributed by atoms with Gasteiger partial charge < -0.3 is 5.32 Å². The summed E-state index contributed by atoms with van der Waals surface area (Å²) >= 11 is 1.77. The molecule has 1 unspecified atom stereocenters. The van der Waals surface area contributed by atoms with E-state index in [2.05, 4.69) is 29.1 Å². The molecule has 14 heavy (non-hydrogen) atoms. The fourth-order valence-electron chi connectivity index (χ4n) is 2.36. The molecule has 0 spiro atoms. The molecule has 1 N–H and O–H groups in total. The minimum absolute atomic E-state index is 0.643. The van der Waals surface area contributed by atoms with E-state index < -0.39 is 0 Å². The third-order valence-corrected chi connectivity index (χ3v) is 3.96. The van der Waals surface area contributed by atoms with Crippen molar-refractivity contribution in [3.05, 3.63) is 16.8 Å². The van der Waals surface area contributed by atoms with Crippen LogP contribution in [0.2, 0.25) is 0 Å². The lowest BCUT2D eigenvalue weighted by atomic mass is 9.84. The van der Waals surface area contributed by atoms with Crippen LogP contribution in [0.1, 0.15) is 39.0 Å². The normalized spacial score (nSPS) is 20.6. The van der Waals surface area contributed by atoms with Gasteiger partial charge in [0.1, 0.15) is 0 Å². The first-order chi connectivity index (χ1) is 6.86. The average Bonchev–Trinajstić information content (AvgIpc) is 2.72. The highest BCUT2D eigenvalue weighted by molar-refractivity contribution is 7.08. The number of anilines is 1. The second-order valence-electron chi connectivity index (χ2n) is 4.34. The van der Waals surface area contributed by atoms with E-state index in [1.807, 2.05) is 0 Å². The van der Waals surface area contributed by atoms with Crippen LogP contribution < -0.4 is 5.32 Å². The zero-order valence-electron chi connectivity index (χ0n) is 8.83. The Hall–Kier alpha value is -0.500. The van der Waals surface area contributed by atoms with E-state index in [-0.39, 0.29) is 0 Å². The van der Waals surface area contributed by atoms with Crippen molar-refractivity contribution < 1.29 is 0 Å². The summed E-state index contributed by atoms with van der Waals surface area (Å²) in [5.74, 6) is 0.892. The SMILES string of the molecule is CC(Nc1ccsc1)C1CCCCC1. The molecule has 0 bridgehead atoms. The van der Waals surface area contributed by atoms with E-state index in [4.69, 9.17) is 0 Å². The molecule has 1 nitrogen and oxygen atoms in total. The van der Waals surface area contributed by atoms with Gasteiger partial charge in [-0.25, -0.2) is 0 Å². The van der Waals surface area contributed by atoms with Gasteiger partial charge in [-0.3, -0.25) is 0 Å². The van der Waals surface area contributed by atoms with Crippen LogP contribution >= 0.6 is 11.3 Å². The Morgan fingerprint density at radius 1 is 1.36 bits per heavy atom. The molecule has 1 heterocycles. The number of thiophene rings is 1. The van der Waals surface area contributed by atoms with Crippen molar-refractivity contribution >= 4 is 17.0 Å². The Morgan fingerprint density at radius 3 is 2.79 bits per heavy atom. The van der Waals surface area contributed by atoms with Gasteiger partial charge in [-0.2, -0.15) is 11.3 Å². The summed E-state index contributed by atoms with van der Waals surface area (Å²) < 4.78 is 0. The highest BCUT2D eigenvalue weighted by atomic mass is 32.1. The van der Waals surface area contributed by atoms with E-state index in [1.54, 1.807) is 11.3 Å². The van der Waals surface area contributed by atoms with Crippen molar-refractivity contribution in [2.75, 3.05) is 5.32 Å². The maximum absolute atomic E-state index is 3.60. The maximum Gasteiger partial charge on any atom is 0.0450 e. The van der Waals surface area contributed by atoms with E-state index in [1.165, 1.54) is 37.8 Å². The standard InChI is InChI=1S/C12H19NS/c1-10(11-5-3-2-4-6-11)13-12-7-8-14-9-12/h7-11,13H,2-6H2,1H3. The first kappa shape index (κ1) is 10.0. The molecule has 0 radical (unpaired) electrons. The van der Waals surface area contributed by atoms with Crippen molar-refractivity contribution in [2.45, 2.75) is 45.1 Å². The molecule has 1 fully saturated rings. The molecular formula is C12H19NS. The largest absolute Gasteiger partial charge is 0.382 e. The average molecular weight is 209 g/mol. The molecule has 1 saturated carbocycles. The van der Waals surface area contributed by atoms with Gasteiger partial charge in [-0.1, -0.05) is 19.3 Å². The van der Waals surface area contributed by atoms with Gasteiger partial charge in [-0.05, 0) is 37.1 Å². The van der Waals surface area contributed by atoms with Gasteiger partial charge in [-0.15, -0.1) is 0 Å². The van der Waals surface area contributed by atoms with E-state index in [0.29, 0.717) is 6.04 Å². The fraction of sp³-hybridized carbons (Fsp3) is 0.667. The van der Waals surface area contributed by atoms with Crippen molar-refractivity contribution in [1.82, 2.24) is 0 Å². The molecule has 2 heteroatoms. The molecule has 0 aromatic carbocycles. The zero-order valence-corrected chi connectivity index (χ0v) is 9.65. The van der Waals surface area contributed by atoms with Crippen molar-refractivity contribution in [3.63, 3.8) is 0 Å². The molecule has 1 aromatic rings. The number of rotatable bonds is 3. The number of hydrogen-bond donors (Lipinski definition) is 1. The predicted molar refractivity (Wildman–Crippen MR) is 64.0 cm³/mol. The summed E-state index contributed by atoms with van der Waals surface area (Å²) in [6, 6.07) is 2.81. The van der Waals surface area contributed by atoms with Crippen LogP contribution in [0.15, 0.2) is 16.8 Å². The molecule has 0 saturated heterocycles. The molecule has 0 aliphatic heterocycles. The van der Waals surface area contributed by atoms with Crippen LogP contribution in [0, 0.1) is 5.92 Å². The summed E-state index contributed by atoms with van der Waals surface area (Å²) in [5.41, 5.74) is 1.30. The van der Waals surface area contributed by atoms with Crippen molar-refractivity contribution in [1.29, 1.82) is 0 Å². The van der Waals surface area contributed by atoms with E-state index >= 15 is 0 Å².